The van der Waals surface area contributed by atoms with Gasteiger partial charge in [0.25, 0.3) is 0 Å². The van der Waals surface area contributed by atoms with Gasteiger partial charge in [-0.2, -0.15) is 0 Å². The van der Waals surface area contributed by atoms with E-state index in [4.69, 9.17) is 4.74 Å². The topological polar surface area (TPSA) is 42.4 Å². The van der Waals surface area contributed by atoms with Gasteiger partial charge >= 0.3 is 0 Å². The van der Waals surface area contributed by atoms with E-state index in [1.807, 2.05) is 35.2 Å². The number of nitrogens with zero attached hydrogens (tertiary/aromatic N) is 2. The number of ether oxygens (including phenoxy) is 1. The summed E-state index contributed by atoms with van der Waals surface area (Å²) in [5.41, 5.74) is 2.03. The molecule has 0 radical (unpaired) electrons. The van der Waals surface area contributed by atoms with Crippen LogP contribution in [0.1, 0.15) is 24.8 Å². The molecule has 120 valence electrons. The van der Waals surface area contributed by atoms with Gasteiger partial charge in [-0.15, -0.1) is 0 Å². The molecule has 1 aromatic carbocycles. The van der Waals surface area contributed by atoms with Crippen molar-refractivity contribution in [3.8, 4) is 0 Å². The maximum absolute atomic E-state index is 12.9. The summed E-state index contributed by atoms with van der Waals surface area (Å²) in [6.45, 7) is 2.13. The Kier molecular flexibility index (Phi) is 5.37. The molecule has 3 rings (SSSR count). The Hall–Kier alpha value is -2.20. The fraction of sp³-hybridized carbons (Fsp3) is 0.368. The van der Waals surface area contributed by atoms with Gasteiger partial charge in [-0.3, -0.25) is 9.78 Å². The molecule has 0 spiro atoms. The van der Waals surface area contributed by atoms with Crippen molar-refractivity contribution < 1.29 is 9.53 Å². The van der Waals surface area contributed by atoms with Crippen molar-refractivity contribution in [1.29, 1.82) is 0 Å². The SMILES string of the molecule is O=C(CC1CCOCC1)N(Cc1ccccc1)c1ccncc1. The van der Waals surface area contributed by atoms with Gasteiger partial charge in [0.2, 0.25) is 5.91 Å². The summed E-state index contributed by atoms with van der Waals surface area (Å²) in [5, 5.41) is 0. The summed E-state index contributed by atoms with van der Waals surface area (Å²) < 4.78 is 5.39. The fourth-order valence-electron chi connectivity index (χ4n) is 2.92. The van der Waals surface area contributed by atoms with E-state index in [-0.39, 0.29) is 5.91 Å². The van der Waals surface area contributed by atoms with E-state index < -0.39 is 0 Å². The summed E-state index contributed by atoms with van der Waals surface area (Å²) in [4.78, 5) is 18.8. The van der Waals surface area contributed by atoms with Gasteiger partial charge in [-0.25, -0.2) is 0 Å². The summed E-state index contributed by atoms with van der Waals surface area (Å²) in [5.74, 6) is 0.600. The molecule has 1 aromatic heterocycles. The minimum Gasteiger partial charge on any atom is -0.381 e. The van der Waals surface area contributed by atoms with Crippen LogP contribution in [-0.4, -0.2) is 24.1 Å². The van der Waals surface area contributed by atoms with Crippen LogP contribution < -0.4 is 4.90 Å². The number of hydrogen-bond donors (Lipinski definition) is 0. The van der Waals surface area contributed by atoms with Crippen LogP contribution in [0.3, 0.4) is 0 Å². The van der Waals surface area contributed by atoms with Crippen molar-refractivity contribution in [2.75, 3.05) is 18.1 Å². The Morgan fingerprint density at radius 1 is 1.09 bits per heavy atom. The highest BCUT2D eigenvalue weighted by Gasteiger charge is 2.22. The van der Waals surface area contributed by atoms with Crippen LogP contribution in [-0.2, 0) is 16.1 Å². The first kappa shape index (κ1) is 15.7. The third-order valence-corrected chi connectivity index (χ3v) is 4.26. The molecule has 1 fully saturated rings. The maximum Gasteiger partial charge on any atom is 0.227 e. The van der Waals surface area contributed by atoms with Crippen LogP contribution in [0.4, 0.5) is 5.69 Å². The van der Waals surface area contributed by atoms with Crippen molar-refractivity contribution in [1.82, 2.24) is 4.98 Å². The highest BCUT2D eigenvalue weighted by atomic mass is 16.5. The summed E-state index contributed by atoms with van der Waals surface area (Å²) in [6, 6.07) is 13.9. The zero-order valence-corrected chi connectivity index (χ0v) is 13.2. The normalized spacial score (nSPS) is 15.3. The summed E-state index contributed by atoms with van der Waals surface area (Å²) >= 11 is 0. The average molecular weight is 310 g/mol. The second kappa shape index (κ2) is 7.88. The van der Waals surface area contributed by atoms with Crippen LogP contribution in [0.2, 0.25) is 0 Å². The lowest BCUT2D eigenvalue weighted by Crippen LogP contribution is -2.33. The Labute approximate surface area is 137 Å². The molecule has 23 heavy (non-hydrogen) atoms. The first-order valence-corrected chi connectivity index (χ1v) is 8.15. The van der Waals surface area contributed by atoms with Gasteiger partial charge in [-0.1, -0.05) is 30.3 Å². The molecule has 0 unspecified atom stereocenters. The number of hydrogen-bond acceptors (Lipinski definition) is 3. The highest BCUT2D eigenvalue weighted by molar-refractivity contribution is 5.93. The molecule has 0 bridgehead atoms. The van der Waals surface area contributed by atoms with Crippen LogP contribution in [0.15, 0.2) is 54.9 Å². The largest absolute Gasteiger partial charge is 0.381 e. The van der Waals surface area contributed by atoms with Gasteiger partial charge in [0, 0.05) is 37.7 Å². The molecule has 0 N–H and O–H groups in total. The molecule has 0 aliphatic carbocycles. The fourth-order valence-corrected chi connectivity index (χ4v) is 2.92. The van der Waals surface area contributed by atoms with Crippen molar-refractivity contribution >= 4 is 11.6 Å². The van der Waals surface area contributed by atoms with E-state index in [1.165, 1.54) is 0 Å². The van der Waals surface area contributed by atoms with Crippen LogP contribution in [0.5, 0.6) is 0 Å². The number of aromatic nitrogens is 1. The Balaban J connectivity index is 1.75. The first-order valence-electron chi connectivity index (χ1n) is 8.15. The predicted molar refractivity (Wildman–Crippen MR) is 90.0 cm³/mol. The minimum absolute atomic E-state index is 0.173. The van der Waals surface area contributed by atoms with E-state index in [1.54, 1.807) is 12.4 Å². The quantitative estimate of drug-likeness (QED) is 0.849. The van der Waals surface area contributed by atoms with Crippen LogP contribution in [0.25, 0.3) is 0 Å². The molecule has 2 aromatic rings. The third-order valence-electron chi connectivity index (χ3n) is 4.26. The molecule has 1 amide bonds. The molecule has 1 aliphatic rings. The number of benzene rings is 1. The number of amides is 1. The van der Waals surface area contributed by atoms with E-state index in [9.17, 15) is 4.79 Å². The smallest absolute Gasteiger partial charge is 0.227 e. The van der Waals surface area contributed by atoms with E-state index in [2.05, 4.69) is 17.1 Å². The van der Waals surface area contributed by atoms with Crippen molar-refractivity contribution in [3.63, 3.8) is 0 Å². The van der Waals surface area contributed by atoms with Crippen molar-refractivity contribution in [2.24, 2.45) is 5.92 Å². The molecule has 4 heteroatoms. The summed E-state index contributed by atoms with van der Waals surface area (Å²) in [6.07, 6.45) is 5.99. The van der Waals surface area contributed by atoms with E-state index in [0.717, 1.165) is 37.3 Å². The summed E-state index contributed by atoms with van der Waals surface area (Å²) in [7, 11) is 0. The second-order valence-electron chi connectivity index (χ2n) is 5.93. The first-order chi connectivity index (χ1) is 11.3. The zero-order valence-electron chi connectivity index (χ0n) is 13.2. The number of pyridine rings is 1. The number of carbonyl (C=O) groups excluding carboxylic acids is 1. The molecule has 1 aliphatic heterocycles. The molecular formula is C19H22N2O2. The molecule has 2 heterocycles. The zero-order chi connectivity index (χ0) is 15.9. The van der Waals surface area contributed by atoms with Gasteiger partial charge in [-0.05, 0) is 36.5 Å². The number of carbonyl (C=O) groups is 1. The van der Waals surface area contributed by atoms with Crippen LogP contribution >= 0.6 is 0 Å². The van der Waals surface area contributed by atoms with Gasteiger partial charge in [0.1, 0.15) is 0 Å². The minimum atomic E-state index is 0.173. The Bertz CT molecular complexity index is 610. The molecule has 0 atom stereocenters. The Morgan fingerprint density at radius 2 is 1.78 bits per heavy atom. The van der Waals surface area contributed by atoms with Gasteiger partial charge < -0.3 is 9.64 Å². The maximum atomic E-state index is 12.9. The van der Waals surface area contributed by atoms with E-state index >= 15 is 0 Å². The van der Waals surface area contributed by atoms with Crippen molar-refractivity contribution in [2.45, 2.75) is 25.8 Å². The molecule has 4 nitrogen and oxygen atoms in total. The van der Waals surface area contributed by atoms with Gasteiger partial charge in [0.05, 0.1) is 6.54 Å². The predicted octanol–water partition coefficient (Wildman–Crippen LogP) is 3.43. The Morgan fingerprint density at radius 3 is 2.48 bits per heavy atom. The lowest BCUT2D eigenvalue weighted by atomic mass is 9.95. The second-order valence-corrected chi connectivity index (χ2v) is 5.93. The third kappa shape index (κ3) is 4.39. The highest BCUT2D eigenvalue weighted by Crippen LogP contribution is 2.23. The lowest BCUT2D eigenvalue weighted by Gasteiger charge is -2.27. The molecular weight excluding hydrogens is 288 g/mol. The van der Waals surface area contributed by atoms with E-state index in [0.29, 0.717) is 18.9 Å². The number of rotatable bonds is 5. The molecule has 0 saturated carbocycles. The van der Waals surface area contributed by atoms with Crippen LogP contribution in [0, 0.1) is 5.92 Å². The number of anilines is 1. The average Bonchev–Trinajstić information content (AvgIpc) is 2.62. The monoisotopic (exact) mass is 310 g/mol. The molecule has 1 saturated heterocycles. The van der Waals surface area contributed by atoms with Crippen molar-refractivity contribution in [3.05, 3.63) is 60.4 Å². The van der Waals surface area contributed by atoms with Gasteiger partial charge in [0.15, 0.2) is 0 Å². The lowest BCUT2D eigenvalue weighted by molar-refractivity contribution is -0.120. The standard InChI is InChI=1S/C19H22N2O2/c22-19(14-16-8-12-23-13-9-16)21(18-6-10-20-11-7-18)15-17-4-2-1-3-5-17/h1-7,10-11,16H,8-9,12-15H2.